The second-order valence-corrected chi connectivity index (χ2v) is 7.15. The Morgan fingerprint density at radius 2 is 2.25 bits per heavy atom. The number of carbonyl (C=O) groups is 1. The van der Waals surface area contributed by atoms with Gasteiger partial charge in [-0.3, -0.25) is 9.48 Å². The fourth-order valence-corrected chi connectivity index (χ4v) is 3.24. The Balaban J connectivity index is 2.74. The quantitative estimate of drug-likeness (QED) is 0.581. The Morgan fingerprint density at radius 3 is 2.80 bits per heavy atom. The highest BCUT2D eigenvalue weighted by Gasteiger charge is 2.24. The lowest BCUT2D eigenvalue weighted by Crippen LogP contribution is -2.42. The van der Waals surface area contributed by atoms with Gasteiger partial charge in [0.15, 0.2) is 0 Å². The average Bonchev–Trinajstić information content (AvgIpc) is 2.75. The molecule has 8 nitrogen and oxygen atoms in total. The van der Waals surface area contributed by atoms with Crippen molar-refractivity contribution in [2.75, 3.05) is 18.6 Å². The van der Waals surface area contributed by atoms with E-state index in [1.54, 1.807) is 6.26 Å². The molecular formula is C10H17N3O5S2. The predicted octanol–water partition coefficient (Wildman–Crippen LogP) is -0.640. The van der Waals surface area contributed by atoms with Crippen LogP contribution in [0, 0.1) is 0 Å². The maximum Gasteiger partial charge on any atom is 0.325 e. The number of hydrogen-bond acceptors (Lipinski definition) is 6. The molecule has 1 atom stereocenters. The molecule has 1 aromatic rings. The number of aliphatic carboxylic acids is 1. The first-order valence-corrected chi connectivity index (χ1v) is 8.49. The van der Waals surface area contributed by atoms with Gasteiger partial charge in [-0.25, -0.2) is 13.1 Å². The number of sulfonamides is 1. The number of hydrogen-bond donors (Lipinski definition) is 3. The molecule has 1 aromatic heterocycles. The van der Waals surface area contributed by atoms with E-state index in [4.69, 9.17) is 5.11 Å². The van der Waals surface area contributed by atoms with Crippen LogP contribution in [0.3, 0.4) is 0 Å². The van der Waals surface area contributed by atoms with Gasteiger partial charge in [0, 0.05) is 18.5 Å². The smallest absolute Gasteiger partial charge is 0.325 e. The van der Waals surface area contributed by atoms with E-state index in [1.807, 2.05) is 0 Å². The predicted molar refractivity (Wildman–Crippen MR) is 74.1 cm³/mol. The largest absolute Gasteiger partial charge is 0.480 e. The lowest BCUT2D eigenvalue weighted by Gasteiger charge is -2.22. The van der Waals surface area contributed by atoms with Gasteiger partial charge in [0.25, 0.3) is 0 Å². The zero-order chi connectivity index (χ0) is 15.4. The monoisotopic (exact) mass is 323 g/mol. The molecule has 0 aliphatic rings. The van der Waals surface area contributed by atoms with Crippen LogP contribution in [0.4, 0.5) is 0 Å². The van der Waals surface area contributed by atoms with E-state index >= 15 is 0 Å². The molecule has 0 spiro atoms. The van der Waals surface area contributed by atoms with Gasteiger partial charge in [0.1, 0.15) is 11.4 Å². The lowest BCUT2D eigenvalue weighted by atomic mass is 10.1. The van der Waals surface area contributed by atoms with Crippen LogP contribution < -0.4 is 4.72 Å². The zero-order valence-corrected chi connectivity index (χ0v) is 12.7. The number of aliphatic hydroxyl groups is 1. The summed E-state index contributed by atoms with van der Waals surface area (Å²) in [5, 5.41) is 22.1. The van der Waals surface area contributed by atoms with E-state index in [1.165, 1.54) is 18.7 Å². The Morgan fingerprint density at radius 1 is 1.60 bits per heavy atom. The minimum Gasteiger partial charge on any atom is -0.480 e. The third-order valence-electron chi connectivity index (χ3n) is 2.32. The molecular weight excluding hydrogens is 306 g/mol. The first kappa shape index (κ1) is 17.0. The Labute approximate surface area is 121 Å². The third kappa shape index (κ3) is 5.12. The average molecular weight is 323 g/mol. The van der Waals surface area contributed by atoms with Crippen molar-refractivity contribution in [1.29, 1.82) is 0 Å². The minimum atomic E-state index is -3.82. The van der Waals surface area contributed by atoms with Crippen molar-refractivity contribution in [3.63, 3.8) is 0 Å². The Kier molecular flexibility index (Phi) is 5.57. The second kappa shape index (κ2) is 6.57. The Bertz CT molecular complexity index is 567. The molecule has 10 heteroatoms. The number of nitrogens with zero attached hydrogens (tertiary/aromatic N) is 2. The summed E-state index contributed by atoms with van der Waals surface area (Å²) < 4.78 is 27.2. The van der Waals surface area contributed by atoms with E-state index in [-0.39, 0.29) is 11.4 Å². The minimum absolute atomic E-state index is 0.139. The third-order valence-corrected chi connectivity index (χ3v) is 4.58. The second-order valence-electron chi connectivity index (χ2n) is 4.52. The summed E-state index contributed by atoms with van der Waals surface area (Å²) in [7, 11) is -3.82. The van der Waals surface area contributed by atoms with Crippen LogP contribution in [0.1, 0.15) is 6.92 Å². The summed E-state index contributed by atoms with van der Waals surface area (Å²) in [4.78, 5) is 10.4. The number of carboxylic acid groups (broad SMARTS) is 1. The van der Waals surface area contributed by atoms with E-state index in [0.29, 0.717) is 5.75 Å². The van der Waals surface area contributed by atoms with Crippen molar-refractivity contribution >= 4 is 27.8 Å². The van der Waals surface area contributed by atoms with Crippen molar-refractivity contribution in [3.8, 4) is 0 Å². The molecule has 0 bridgehead atoms. The number of nitrogens with one attached hydrogen (secondary N) is 1. The zero-order valence-electron chi connectivity index (χ0n) is 11.1. The van der Waals surface area contributed by atoms with E-state index in [9.17, 15) is 18.3 Å². The normalized spacial score (nSPS) is 14.9. The van der Waals surface area contributed by atoms with E-state index in [2.05, 4.69) is 9.82 Å². The maximum atomic E-state index is 12.0. The summed E-state index contributed by atoms with van der Waals surface area (Å²) in [6.07, 6.45) is 3.99. The maximum absolute atomic E-state index is 12.0. The molecule has 3 N–H and O–H groups in total. The molecule has 114 valence electrons. The first-order valence-electron chi connectivity index (χ1n) is 5.61. The molecule has 0 amide bonds. The molecule has 20 heavy (non-hydrogen) atoms. The number of carboxylic acids is 1. The molecule has 0 aliphatic heterocycles. The van der Waals surface area contributed by atoms with Gasteiger partial charge in [0.2, 0.25) is 10.0 Å². The van der Waals surface area contributed by atoms with Crippen molar-refractivity contribution in [3.05, 3.63) is 12.4 Å². The van der Waals surface area contributed by atoms with Crippen LogP contribution in [0.15, 0.2) is 17.3 Å². The molecule has 1 rings (SSSR count). The van der Waals surface area contributed by atoms with Crippen molar-refractivity contribution in [2.24, 2.45) is 0 Å². The number of thioether (sulfide) groups is 1. The molecule has 0 aromatic carbocycles. The highest BCUT2D eigenvalue weighted by Crippen LogP contribution is 2.12. The van der Waals surface area contributed by atoms with Gasteiger partial charge in [0.05, 0.1) is 11.8 Å². The van der Waals surface area contributed by atoms with E-state index < -0.39 is 28.1 Å². The summed E-state index contributed by atoms with van der Waals surface area (Å²) >= 11 is 1.40. The van der Waals surface area contributed by atoms with Crippen LogP contribution >= 0.6 is 11.8 Å². The van der Waals surface area contributed by atoms with Gasteiger partial charge in [-0.1, -0.05) is 0 Å². The number of rotatable bonds is 8. The van der Waals surface area contributed by atoms with Gasteiger partial charge in [-0.15, -0.1) is 0 Å². The van der Waals surface area contributed by atoms with Crippen LogP contribution in [-0.4, -0.2) is 58.5 Å². The van der Waals surface area contributed by atoms with E-state index in [0.717, 1.165) is 17.1 Å². The summed E-state index contributed by atoms with van der Waals surface area (Å²) in [5.74, 6) is -0.735. The molecule has 0 fully saturated rings. The van der Waals surface area contributed by atoms with Gasteiger partial charge < -0.3 is 10.2 Å². The first-order chi connectivity index (χ1) is 9.16. The topological polar surface area (TPSA) is 122 Å². The van der Waals surface area contributed by atoms with Gasteiger partial charge in [-0.05, 0) is 13.2 Å². The van der Waals surface area contributed by atoms with Crippen LogP contribution in [-0.2, 0) is 21.4 Å². The van der Waals surface area contributed by atoms with Crippen LogP contribution in [0.2, 0.25) is 0 Å². The summed E-state index contributed by atoms with van der Waals surface area (Å²) in [5.41, 5.74) is -1.16. The number of aromatic nitrogens is 2. The van der Waals surface area contributed by atoms with Crippen molar-refractivity contribution < 1.29 is 23.4 Å². The molecule has 1 heterocycles. The highest BCUT2D eigenvalue weighted by molar-refractivity contribution is 7.98. The molecule has 0 aliphatic carbocycles. The summed E-state index contributed by atoms with van der Waals surface area (Å²) in [6, 6.07) is 0. The van der Waals surface area contributed by atoms with Gasteiger partial charge >= 0.3 is 5.97 Å². The van der Waals surface area contributed by atoms with Crippen molar-refractivity contribution in [1.82, 2.24) is 14.5 Å². The SMILES string of the molecule is CSCC(C)(O)CNS(=O)(=O)c1cnn(CC(=O)O)c1. The lowest BCUT2D eigenvalue weighted by molar-refractivity contribution is -0.137. The van der Waals surface area contributed by atoms with Gasteiger partial charge in [-0.2, -0.15) is 16.9 Å². The molecule has 0 saturated heterocycles. The Hall–Kier alpha value is -1.10. The van der Waals surface area contributed by atoms with Crippen molar-refractivity contribution in [2.45, 2.75) is 24.0 Å². The molecule has 0 saturated carbocycles. The molecule has 1 unspecified atom stereocenters. The van der Waals surface area contributed by atoms with Crippen LogP contribution in [0.5, 0.6) is 0 Å². The fourth-order valence-electron chi connectivity index (χ4n) is 1.40. The van der Waals surface area contributed by atoms with Crippen LogP contribution in [0.25, 0.3) is 0 Å². The highest BCUT2D eigenvalue weighted by atomic mass is 32.2. The summed E-state index contributed by atoms with van der Waals surface area (Å²) in [6.45, 7) is 0.972. The molecule has 0 radical (unpaired) electrons. The standard InChI is InChI=1S/C10H17N3O5S2/c1-10(16,7-19-2)6-12-20(17,18)8-3-11-13(4-8)5-9(14)15/h3-4,12,16H,5-7H2,1-2H3,(H,14,15). The fraction of sp³-hybridized carbons (Fsp3) is 0.600.